The van der Waals surface area contributed by atoms with E-state index in [-0.39, 0.29) is 5.92 Å². The van der Waals surface area contributed by atoms with Crippen molar-refractivity contribution >= 4 is 17.3 Å². The Morgan fingerprint density at radius 3 is 2.82 bits per heavy atom. The summed E-state index contributed by atoms with van der Waals surface area (Å²) in [5, 5.41) is 1.64. The number of rotatable bonds is 2. The highest BCUT2D eigenvalue weighted by atomic mass is 32.1. The predicted octanol–water partition coefficient (Wildman–Crippen LogP) is 3.64. The molecule has 1 atom stereocenters. The molecular formula is C14H15F3N4S. The van der Waals surface area contributed by atoms with Crippen molar-refractivity contribution in [3.05, 3.63) is 34.0 Å². The van der Waals surface area contributed by atoms with Crippen LogP contribution in [0.1, 0.15) is 35.2 Å². The van der Waals surface area contributed by atoms with Gasteiger partial charge in [0.1, 0.15) is 0 Å². The normalized spacial score (nSPS) is 19.5. The van der Waals surface area contributed by atoms with Crippen LogP contribution in [0.5, 0.6) is 0 Å². The Hall–Kier alpha value is -1.70. The molecule has 1 unspecified atom stereocenters. The van der Waals surface area contributed by atoms with Crippen LogP contribution in [0.2, 0.25) is 0 Å². The molecule has 118 valence electrons. The third-order valence-electron chi connectivity index (χ3n) is 3.65. The molecule has 0 radical (unpaired) electrons. The van der Waals surface area contributed by atoms with Crippen molar-refractivity contribution in [2.24, 2.45) is 0 Å². The number of piperidine rings is 1. The minimum Gasteiger partial charge on any atom is -0.340 e. The van der Waals surface area contributed by atoms with Crippen molar-refractivity contribution in [2.75, 3.05) is 18.0 Å². The smallest absolute Gasteiger partial charge is 0.340 e. The molecule has 3 rings (SSSR count). The van der Waals surface area contributed by atoms with E-state index in [1.165, 1.54) is 0 Å². The van der Waals surface area contributed by atoms with E-state index in [0.29, 0.717) is 17.5 Å². The van der Waals surface area contributed by atoms with Gasteiger partial charge in [0.2, 0.25) is 5.95 Å². The Balaban J connectivity index is 1.77. The monoisotopic (exact) mass is 328 g/mol. The molecule has 2 aromatic heterocycles. The molecule has 0 amide bonds. The van der Waals surface area contributed by atoms with Gasteiger partial charge in [-0.1, -0.05) is 0 Å². The van der Waals surface area contributed by atoms with Crippen LogP contribution in [0.15, 0.2) is 17.6 Å². The first-order valence-corrected chi connectivity index (χ1v) is 7.88. The lowest BCUT2D eigenvalue weighted by Crippen LogP contribution is -2.35. The maximum Gasteiger partial charge on any atom is 0.434 e. The second kappa shape index (κ2) is 5.83. The molecule has 0 aromatic carbocycles. The number of halogens is 3. The van der Waals surface area contributed by atoms with Gasteiger partial charge in [-0.25, -0.2) is 15.0 Å². The highest BCUT2D eigenvalue weighted by Crippen LogP contribution is 2.35. The van der Waals surface area contributed by atoms with E-state index in [9.17, 15) is 13.2 Å². The first-order valence-electron chi connectivity index (χ1n) is 7.00. The number of thiazole rings is 1. The average Bonchev–Trinajstić information content (AvgIpc) is 2.97. The van der Waals surface area contributed by atoms with Crippen LogP contribution in [0.3, 0.4) is 0 Å². The van der Waals surface area contributed by atoms with Gasteiger partial charge in [-0.3, -0.25) is 0 Å². The minimum absolute atomic E-state index is 0.000961. The molecule has 1 aliphatic heterocycles. The maximum atomic E-state index is 12.7. The summed E-state index contributed by atoms with van der Waals surface area (Å²) in [7, 11) is 0. The summed E-state index contributed by atoms with van der Waals surface area (Å²) in [5.41, 5.74) is 0.0807. The van der Waals surface area contributed by atoms with Gasteiger partial charge in [-0.05, 0) is 25.8 Å². The van der Waals surface area contributed by atoms with E-state index in [0.717, 1.165) is 41.8 Å². The third kappa shape index (κ3) is 3.21. The van der Waals surface area contributed by atoms with Gasteiger partial charge in [0.25, 0.3) is 0 Å². The summed E-state index contributed by atoms with van der Waals surface area (Å²) >= 11 is 1.08. The molecule has 1 fully saturated rings. The number of nitrogens with zero attached hydrogens (tertiary/aromatic N) is 4. The van der Waals surface area contributed by atoms with Crippen molar-refractivity contribution < 1.29 is 13.2 Å². The second-order valence-electron chi connectivity index (χ2n) is 5.35. The molecule has 1 saturated heterocycles. The SMILES string of the molecule is Cc1ccnc(N2CCCC(c3nc(C(F)(F)F)cs3)C2)n1. The topological polar surface area (TPSA) is 41.9 Å². The van der Waals surface area contributed by atoms with Crippen molar-refractivity contribution in [1.29, 1.82) is 0 Å². The molecule has 0 bridgehead atoms. The van der Waals surface area contributed by atoms with Crippen molar-refractivity contribution in [3.63, 3.8) is 0 Å². The number of alkyl halides is 3. The quantitative estimate of drug-likeness (QED) is 0.844. The predicted molar refractivity (Wildman–Crippen MR) is 78.1 cm³/mol. The second-order valence-corrected chi connectivity index (χ2v) is 6.24. The lowest BCUT2D eigenvalue weighted by molar-refractivity contribution is -0.140. The summed E-state index contributed by atoms with van der Waals surface area (Å²) < 4.78 is 38.0. The van der Waals surface area contributed by atoms with Crippen LogP contribution in [-0.2, 0) is 6.18 Å². The molecule has 3 heterocycles. The zero-order chi connectivity index (χ0) is 15.7. The van der Waals surface area contributed by atoms with E-state index in [2.05, 4.69) is 15.0 Å². The van der Waals surface area contributed by atoms with Gasteiger partial charge >= 0.3 is 6.18 Å². The number of hydrogen-bond donors (Lipinski definition) is 0. The fraction of sp³-hybridized carbons (Fsp3) is 0.500. The molecule has 2 aromatic rings. The standard InChI is InChI=1S/C14H15F3N4S/c1-9-4-5-18-13(19-9)21-6-2-3-10(7-21)12-20-11(8-22-12)14(15,16)17/h4-5,8,10H,2-3,6-7H2,1H3. The van der Waals surface area contributed by atoms with E-state index in [1.807, 2.05) is 17.9 Å². The summed E-state index contributed by atoms with van der Waals surface area (Å²) in [6, 6.07) is 1.82. The fourth-order valence-electron chi connectivity index (χ4n) is 2.55. The van der Waals surface area contributed by atoms with Crippen LogP contribution in [-0.4, -0.2) is 28.0 Å². The van der Waals surface area contributed by atoms with Crippen molar-refractivity contribution in [1.82, 2.24) is 15.0 Å². The highest BCUT2D eigenvalue weighted by Gasteiger charge is 2.35. The first kappa shape index (κ1) is 15.2. The molecule has 22 heavy (non-hydrogen) atoms. The average molecular weight is 328 g/mol. The maximum absolute atomic E-state index is 12.7. The van der Waals surface area contributed by atoms with E-state index < -0.39 is 11.9 Å². The lowest BCUT2D eigenvalue weighted by Gasteiger charge is -2.31. The number of aryl methyl sites for hydroxylation is 1. The van der Waals surface area contributed by atoms with E-state index in [1.54, 1.807) is 6.20 Å². The zero-order valence-corrected chi connectivity index (χ0v) is 12.8. The first-order chi connectivity index (χ1) is 10.4. The molecule has 0 saturated carbocycles. The van der Waals surface area contributed by atoms with Gasteiger partial charge < -0.3 is 4.90 Å². The van der Waals surface area contributed by atoms with Crippen LogP contribution in [0, 0.1) is 6.92 Å². The molecular weight excluding hydrogens is 313 g/mol. The Morgan fingerprint density at radius 2 is 2.14 bits per heavy atom. The van der Waals surface area contributed by atoms with Gasteiger partial charge in [0, 0.05) is 36.3 Å². The van der Waals surface area contributed by atoms with Crippen molar-refractivity contribution in [2.45, 2.75) is 31.9 Å². The van der Waals surface area contributed by atoms with Crippen LogP contribution < -0.4 is 4.90 Å². The van der Waals surface area contributed by atoms with Gasteiger partial charge in [-0.2, -0.15) is 13.2 Å². The molecule has 0 aliphatic carbocycles. The Bertz CT molecular complexity index is 656. The summed E-state index contributed by atoms with van der Waals surface area (Å²) in [6.07, 6.45) is -0.939. The number of hydrogen-bond acceptors (Lipinski definition) is 5. The summed E-state index contributed by atoms with van der Waals surface area (Å²) in [5.74, 6) is 0.635. The van der Waals surface area contributed by atoms with Crippen LogP contribution in [0.25, 0.3) is 0 Å². The third-order valence-corrected chi connectivity index (χ3v) is 4.66. The Labute approximate surface area is 130 Å². The van der Waals surface area contributed by atoms with E-state index >= 15 is 0 Å². The largest absolute Gasteiger partial charge is 0.434 e. The summed E-state index contributed by atoms with van der Waals surface area (Å²) in [6.45, 7) is 3.31. The Morgan fingerprint density at radius 1 is 1.32 bits per heavy atom. The van der Waals surface area contributed by atoms with Crippen molar-refractivity contribution in [3.8, 4) is 0 Å². The van der Waals surface area contributed by atoms with Crippen LogP contribution >= 0.6 is 11.3 Å². The zero-order valence-electron chi connectivity index (χ0n) is 12.0. The minimum atomic E-state index is -4.37. The molecule has 1 aliphatic rings. The highest BCUT2D eigenvalue weighted by molar-refractivity contribution is 7.09. The molecule has 0 N–H and O–H groups in total. The molecule has 8 heteroatoms. The Kier molecular flexibility index (Phi) is 4.03. The fourth-order valence-corrected chi connectivity index (χ4v) is 3.51. The number of aromatic nitrogens is 3. The van der Waals surface area contributed by atoms with Crippen LogP contribution in [0.4, 0.5) is 19.1 Å². The summed E-state index contributed by atoms with van der Waals surface area (Å²) in [4.78, 5) is 14.4. The molecule has 4 nitrogen and oxygen atoms in total. The molecule has 0 spiro atoms. The van der Waals surface area contributed by atoms with Gasteiger partial charge in [0.05, 0.1) is 5.01 Å². The van der Waals surface area contributed by atoms with Gasteiger partial charge in [0.15, 0.2) is 5.69 Å². The number of anilines is 1. The lowest BCUT2D eigenvalue weighted by atomic mass is 9.99. The van der Waals surface area contributed by atoms with Gasteiger partial charge in [-0.15, -0.1) is 11.3 Å². The van der Waals surface area contributed by atoms with E-state index in [4.69, 9.17) is 0 Å².